The van der Waals surface area contributed by atoms with E-state index in [0.29, 0.717) is 12.5 Å². The van der Waals surface area contributed by atoms with E-state index in [1.165, 1.54) is 6.20 Å². The lowest BCUT2D eigenvalue weighted by molar-refractivity contribution is 0.0691. The molecule has 1 fully saturated rings. The number of piperidine rings is 1. The van der Waals surface area contributed by atoms with E-state index in [2.05, 4.69) is 10.00 Å². The number of aromatic carboxylic acids is 1. The second-order valence-electron chi connectivity index (χ2n) is 4.86. The number of nitrogens with zero attached hydrogens (tertiary/aromatic N) is 3. The summed E-state index contributed by atoms with van der Waals surface area (Å²) < 4.78 is 1.62. The molecular weight excluding hydrogens is 234 g/mol. The molecule has 18 heavy (non-hydrogen) atoms. The van der Waals surface area contributed by atoms with E-state index in [4.69, 9.17) is 5.11 Å². The fourth-order valence-electron chi connectivity index (χ4n) is 2.48. The number of hydrogen-bond acceptors (Lipinski definition) is 4. The quantitative estimate of drug-likeness (QED) is 0.808. The molecule has 0 aliphatic carbocycles. The fraction of sp³-hybridized carbons (Fsp3) is 0.667. The summed E-state index contributed by atoms with van der Waals surface area (Å²) in [5, 5.41) is 22.3. The zero-order valence-electron chi connectivity index (χ0n) is 10.5. The van der Waals surface area contributed by atoms with E-state index < -0.39 is 5.97 Å². The molecule has 1 aliphatic heterocycles. The van der Waals surface area contributed by atoms with Crippen LogP contribution in [0.3, 0.4) is 0 Å². The van der Waals surface area contributed by atoms with Gasteiger partial charge in [-0.25, -0.2) is 4.79 Å². The van der Waals surface area contributed by atoms with Crippen molar-refractivity contribution < 1.29 is 15.0 Å². The molecule has 6 nitrogen and oxygen atoms in total. The zero-order valence-corrected chi connectivity index (χ0v) is 10.5. The third-order valence-electron chi connectivity index (χ3n) is 3.53. The molecule has 0 spiro atoms. The van der Waals surface area contributed by atoms with Crippen molar-refractivity contribution in [2.45, 2.75) is 19.4 Å². The third-order valence-corrected chi connectivity index (χ3v) is 3.53. The van der Waals surface area contributed by atoms with Crippen molar-refractivity contribution in [2.24, 2.45) is 13.0 Å². The number of rotatable bonds is 4. The Balaban J connectivity index is 2.09. The summed E-state index contributed by atoms with van der Waals surface area (Å²) in [5.74, 6) is -0.630. The zero-order chi connectivity index (χ0) is 13.1. The smallest absolute Gasteiger partial charge is 0.339 e. The summed E-state index contributed by atoms with van der Waals surface area (Å²) in [6, 6.07) is 0. The van der Waals surface area contributed by atoms with Gasteiger partial charge in [0.1, 0.15) is 5.56 Å². The molecule has 1 atom stereocenters. The average Bonchev–Trinajstić information content (AvgIpc) is 2.71. The van der Waals surface area contributed by atoms with E-state index >= 15 is 0 Å². The molecule has 0 bridgehead atoms. The number of aryl methyl sites for hydroxylation is 1. The Morgan fingerprint density at radius 2 is 2.39 bits per heavy atom. The van der Waals surface area contributed by atoms with E-state index in [-0.39, 0.29) is 12.2 Å². The Hall–Kier alpha value is -1.40. The molecule has 1 unspecified atom stereocenters. The molecule has 0 aromatic carbocycles. The lowest BCUT2D eigenvalue weighted by Gasteiger charge is -2.31. The Kier molecular flexibility index (Phi) is 3.98. The highest BCUT2D eigenvalue weighted by Gasteiger charge is 2.22. The summed E-state index contributed by atoms with van der Waals surface area (Å²) >= 11 is 0. The minimum atomic E-state index is -0.936. The van der Waals surface area contributed by atoms with E-state index in [9.17, 15) is 9.90 Å². The number of likely N-dealkylation sites (tertiary alicyclic amines) is 1. The van der Waals surface area contributed by atoms with Crippen molar-refractivity contribution >= 4 is 5.97 Å². The van der Waals surface area contributed by atoms with Crippen molar-refractivity contribution in [3.05, 3.63) is 17.5 Å². The number of hydrogen-bond donors (Lipinski definition) is 2. The summed E-state index contributed by atoms with van der Waals surface area (Å²) in [6.45, 7) is 2.55. The minimum Gasteiger partial charge on any atom is -0.478 e. The first-order chi connectivity index (χ1) is 8.61. The molecule has 2 heterocycles. The summed E-state index contributed by atoms with van der Waals surface area (Å²) in [7, 11) is 1.76. The number of aliphatic hydroxyl groups excluding tert-OH is 1. The highest BCUT2D eigenvalue weighted by Crippen LogP contribution is 2.19. The molecule has 0 saturated carbocycles. The lowest BCUT2D eigenvalue weighted by atomic mass is 9.99. The van der Waals surface area contributed by atoms with Crippen molar-refractivity contribution in [1.29, 1.82) is 0 Å². The molecule has 2 N–H and O–H groups in total. The maximum Gasteiger partial charge on any atom is 0.339 e. The molecule has 6 heteroatoms. The Morgan fingerprint density at radius 3 is 3.06 bits per heavy atom. The van der Waals surface area contributed by atoms with E-state index in [1.807, 2.05) is 0 Å². The third kappa shape index (κ3) is 2.70. The maximum atomic E-state index is 11.1. The maximum absolute atomic E-state index is 11.1. The molecule has 0 radical (unpaired) electrons. The average molecular weight is 253 g/mol. The van der Waals surface area contributed by atoms with Gasteiger partial charge in [0.05, 0.1) is 11.9 Å². The molecule has 1 aromatic heterocycles. The van der Waals surface area contributed by atoms with Crippen LogP contribution >= 0.6 is 0 Å². The summed E-state index contributed by atoms with van der Waals surface area (Å²) in [5.41, 5.74) is 0.990. The molecule has 100 valence electrons. The fourth-order valence-corrected chi connectivity index (χ4v) is 2.48. The van der Waals surface area contributed by atoms with Crippen molar-refractivity contribution in [3.8, 4) is 0 Å². The SMILES string of the molecule is Cn1ncc(C(=O)O)c1CN1CCCC(CO)C1. The van der Waals surface area contributed by atoms with Crippen LogP contribution in [0.5, 0.6) is 0 Å². The molecule has 1 aliphatic rings. The Bertz CT molecular complexity index is 430. The van der Waals surface area contributed by atoms with Crippen LogP contribution in [0.2, 0.25) is 0 Å². The second-order valence-corrected chi connectivity index (χ2v) is 4.86. The molecule has 1 saturated heterocycles. The van der Waals surface area contributed by atoms with Gasteiger partial charge in [0, 0.05) is 26.7 Å². The van der Waals surface area contributed by atoms with Gasteiger partial charge < -0.3 is 10.2 Å². The molecule has 0 amide bonds. The minimum absolute atomic E-state index is 0.202. The Morgan fingerprint density at radius 1 is 1.61 bits per heavy atom. The van der Waals surface area contributed by atoms with Crippen LogP contribution in [0.1, 0.15) is 28.9 Å². The number of aliphatic hydroxyl groups is 1. The predicted molar refractivity (Wildman–Crippen MR) is 65.3 cm³/mol. The van der Waals surface area contributed by atoms with Crippen LogP contribution in [0.15, 0.2) is 6.20 Å². The topological polar surface area (TPSA) is 78.6 Å². The standard InChI is InChI=1S/C12H19N3O3/c1-14-11(10(5-13-14)12(17)18)7-15-4-2-3-9(6-15)8-16/h5,9,16H,2-4,6-8H2,1H3,(H,17,18). The van der Waals surface area contributed by atoms with Gasteiger partial charge in [-0.2, -0.15) is 5.10 Å². The monoisotopic (exact) mass is 253 g/mol. The highest BCUT2D eigenvalue weighted by molar-refractivity contribution is 5.88. The van der Waals surface area contributed by atoms with Crippen LogP contribution in [0, 0.1) is 5.92 Å². The van der Waals surface area contributed by atoms with E-state index in [0.717, 1.165) is 31.6 Å². The van der Waals surface area contributed by atoms with Crippen LogP contribution in [-0.2, 0) is 13.6 Å². The van der Waals surface area contributed by atoms with Gasteiger partial charge in [0.15, 0.2) is 0 Å². The van der Waals surface area contributed by atoms with Gasteiger partial charge in [-0.15, -0.1) is 0 Å². The van der Waals surface area contributed by atoms with Gasteiger partial charge in [-0.1, -0.05) is 0 Å². The van der Waals surface area contributed by atoms with Crippen molar-refractivity contribution in [2.75, 3.05) is 19.7 Å². The molecule has 2 rings (SSSR count). The molecular formula is C12H19N3O3. The van der Waals surface area contributed by atoms with Crippen LogP contribution < -0.4 is 0 Å². The van der Waals surface area contributed by atoms with Crippen LogP contribution in [0.25, 0.3) is 0 Å². The number of carboxylic acid groups (broad SMARTS) is 1. The summed E-state index contributed by atoms with van der Waals surface area (Å²) in [6.07, 6.45) is 3.49. The largest absolute Gasteiger partial charge is 0.478 e. The Labute approximate surface area is 106 Å². The van der Waals surface area contributed by atoms with E-state index in [1.54, 1.807) is 11.7 Å². The van der Waals surface area contributed by atoms with Gasteiger partial charge in [0.25, 0.3) is 0 Å². The van der Waals surface area contributed by atoms with Crippen LogP contribution in [-0.4, -0.2) is 50.6 Å². The molecule has 1 aromatic rings. The van der Waals surface area contributed by atoms with Gasteiger partial charge in [-0.3, -0.25) is 9.58 Å². The van der Waals surface area contributed by atoms with Crippen molar-refractivity contribution in [1.82, 2.24) is 14.7 Å². The van der Waals surface area contributed by atoms with Gasteiger partial charge >= 0.3 is 5.97 Å². The lowest BCUT2D eigenvalue weighted by Crippen LogP contribution is -2.37. The number of aromatic nitrogens is 2. The number of carbonyl (C=O) groups is 1. The number of carboxylic acids is 1. The van der Waals surface area contributed by atoms with Gasteiger partial charge in [-0.05, 0) is 25.3 Å². The normalized spacial score (nSPS) is 21.1. The van der Waals surface area contributed by atoms with Gasteiger partial charge in [0.2, 0.25) is 0 Å². The van der Waals surface area contributed by atoms with Crippen molar-refractivity contribution in [3.63, 3.8) is 0 Å². The highest BCUT2D eigenvalue weighted by atomic mass is 16.4. The summed E-state index contributed by atoms with van der Waals surface area (Å²) in [4.78, 5) is 13.3. The first-order valence-electron chi connectivity index (χ1n) is 6.19. The second kappa shape index (κ2) is 5.49. The predicted octanol–water partition coefficient (Wildman–Crippen LogP) is 0.323. The first-order valence-corrected chi connectivity index (χ1v) is 6.19. The first kappa shape index (κ1) is 13.0. The van der Waals surface area contributed by atoms with Crippen LogP contribution in [0.4, 0.5) is 0 Å².